The summed E-state index contributed by atoms with van der Waals surface area (Å²) < 4.78 is 18.1. The second-order valence-corrected chi connectivity index (χ2v) is 3.89. The van der Waals surface area contributed by atoms with Crippen molar-refractivity contribution in [2.75, 3.05) is 6.61 Å². The number of rotatable bonds is 4. The van der Waals surface area contributed by atoms with Crippen molar-refractivity contribution in [2.45, 2.75) is 6.04 Å². The third-order valence-electron chi connectivity index (χ3n) is 1.78. The van der Waals surface area contributed by atoms with E-state index < -0.39 is 22.5 Å². The molecule has 1 aromatic carbocycles. The van der Waals surface area contributed by atoms with E-state index in [0.29, 0.717) is 0 Å². The first-order valence-electron chi connectivity index (χ1n) is 4.37. The van der Waals surface area contributed by atoms with E-state index in [-0.39, 0.29) is 16.8 Å². The fraction of sp³-hybridized carbons (Fsp3) is 0.222. The van der Waals surface area contributed by atoms with Crippen LogP contribution in [0.4, 0.5) is 10.1 Å². The van der Waals surface area contributed by atoms with E-state index in [4.69, 9.17) is 15.7 Å². The Bertz CT molecular complexity index is 489. The molecule has 0 saturated heterocycles. The second-order valence-electron chi connectivity index (χ2n) is 3.04. The van der Waals surface area contributed by atoms with Crippen molar-refractivity contribution in [2.24, 2.45) is 5.73 Å². The van der Waals surface area contributed by atoms with Gasteiger partial charge in [-0.15, -0.1) is 0 Å². The number of nitriles is 1. The number of nitrogens with two attached hydrogens (primary N) is 1. The Morgan fingerprint density at radius 2 is 2.35 bits per heavy atom. The molecule has 2 N–H and O–H groups in total. The third kappa shape index (κ3) is 3.37. The molecule has 0 aromatic heterocycles. The maximum atomic E-state index is 13.2. The van der Waals surface area contributed by atoms with Crippen LogP contribution in [0.15, 0.2) is 16.6 Å². The molecule has 0 aliphatic carbocycles. The van der Waals surface area contributed by atoms with E-state index in [0.717, 1.165) is 12.1 Å². The van der Waals surface area contributed by atoms with Crippen molar-refractivity contribution >= 4 is 21.6 Å². The fourth-order valence-electron chi connectivity index (χ4n) is 0.993. The van der Waals surface area contributed by atoms with Gasteiger partial charge in [-0.1, -0.05) is 0 Å². The lowest BCUT2D eigenvalue weighted by Gasteiger charge is -2.08. The molecule has 1 unspecified atom stereocenters. The molecule has 0 aliphatic rings. The molecule has 8 heteroatoms. The van der Waals surface area contributed by atoms with Crippen LogP contribution in [0.2, 0.25) is 0 Å². The maximum absolute atomic E-state index is 13.2. The minimum Gasteiger partial charge on any atom is -0.484 e. The number of nitro benzene ring substituents is 1. The molecule has 0 amide bonds. The number of halogens is 2. The Labute approximate surface area is 104 Å². The van der Waals surface area contributed by atoms with Crippen molar-refractivity contribution in [3.05, 3.63) is 32.5 Å². The Hall–Kier alpha value is -1.72. The normalized spacial score (nSPS) is 11.6. The Morgan fingerprint density at radius 1 is 1.71 bits per heavy atom. The van der Waals surface area contributed by atoms with Crippen molar-refractivity contribution < 1.29 is 14.1 Å². The first-order valence-corrected chi connectivity index (χ1v) is 5.16. The first kappa shape index (κ1) is 13.3. The number of nitro groups is 1. The average Bonchev–Trinajstić information content (AvgIpc) is 2.29. The Morgan fingerprint density at radius 3 is 2.88 bits per heavy atom. The maximum Gasteiger partial charge on any atom is 0.312 e. The van der Waals surface area contributed by atoms with Crippen molar-refractivity contribution in [1.82, 2.24) is 0 Å². The summed E-state index contributed by atoms with van der Waals surface area (Å²) in [6.45, 7) is -0.252. The van der Waals surface area contributed by atoms with Gasteiger partial charge in [0.2, 0.25) is 0 Å². The van der Waals surface area contributed by atoms with Gasteiger partial charge in [0.1, 0.15) is 18.5 Å². The predicted molar refractivity (Wildman–Crippen MR) is 59.8 cm³/mol. The average molecular weight is 304 g/mol. The van der Waals surface area contributed by atoms with Gasteiger partial charge in [0, 0.05) is 12.1 Å². The zero-order chi connectivity index (χ0) is 13.0. The quantitative estimate of drug-likeness (QED) is 0.674. The van der Waals surface area contributed by atoms with E-state index in [2.05, 4.69) is 15.9 Å². The van der Waals surface area contributed by atoms with E-state index in [9.17, 15) is 14.5 Å². The molecular formula is C9H7BrFN3O3. The molecule has 1 aromatic rings. The van der Waals surface area contributed by atoms with Crippen LogP contribution in [0.3, 0.4) is 0 Å². The van der Waals surface area contributed by atoms with E-state index >= 15 is 0 Å². The fourth-order valence-corrected chi connectivity index (χ4v) is 1.32. The van der Waals surface area contributed by atoms with Gasteiger partial charge < -0.3 is 10.5 Å². The summed E-state index contributed by atoms with van der Waals surface area (Å²) >= 11 is 2.83. The highest BCUT2D eigenvalue weighted by molar-refractivity contribution is 9.10. The zero-order valence-electron chi connectivity index (χ0n) is 8.39. The van der Waals surface area contributed by atoms with E-state index in [1.807, 2.05) is 0 Å². The molecule has 0 bridgehead atoms. The highest BCUT2D eigenvalue weighted by Gasteiger charge is 2.19. The molecule has 1 atom stereocenters. The summed E-state index contributed by atoms with van der Waals surface area (Å²) in [5.74, 6) is -0.961. The highest BCUT2D eigenvalue weighted by Crippen LogP contribution is 2.32. The lowest BCUT2D eigenvalue weighted by Crippen LogP contribution is -2.25. The van der Waals surface area contributed by atoms with Gasteiger partial charge in [0.05, 0.1) is 15.5 Å². The van der Waals surface area contributed by atoms with Crippen LogP contribution in [-0.2, 0) is 0 Å². The molecule has 0 saturated carbocycles. The molecule has 0 spiro atoms. The SMILES string of the molecule is N#CC(N)COc1cc(F)c(Br)cc1[N+](=O)[O-]. The molecule has 0 aliphatic heterocycles. The van der Waals surface area contributed by atoms with Gasteiger partial charge in [-0.05, 0) is 15.9 Å². The van der Waals surface area contributed by atoms with Crippen LogP contribution < -0.4 is 10.5 Å². The monoisotopic (exact) mass is 303 g/mol. The lowest BCUT2D eigenvalue weighted by atomic mass is 10.3. The zero-order valence-corrected chi connectivity index (χ0v) is 9.98. The minimum atomic E-state index is -0.929. The molecule has 1 rings (SSSR count). The van der Waals surface area contributed by atoms with Gasteiger partial charge in [-0.3, -0.25) is 10.1 Å². The minimum absolute atomic E-state index is 0.0406. The van der Waals surface area contributed by atoms with Gasteiger partial charge >= 0.3 is 5.69 Å². The number of nitrogens with zero attached hydrogens (tertiary/aromatic N) is 2. The number of hydrogen-bond acceptors (Lipinski definition) is 5. The number of ether oxygens (including phenoxy) is 1. The smallest absolute Gasteiger partial charge is 0.312 e. The molecule has 0 fully saturated rings. The van der Waals surface area contributed by atoms with Crippen molar-refractivity contribution in [1.29, 1.82) is 5.26 Å². The van der Waals surface area contributed by atoms with Crippen LogP contribution in [-0.4, -0.2) is 17.6 Å². The summed E-state index contributed by atoms with van der Waals surface area (Å²) in [6.07, 6.45) is 0. The molecule has 6 nitrogen and oxygen atoms in total. The van der Waals surface area contributed by atoms with Gasteiger partial charge in [0.15, 0.2) is 5.75 Å². The third-order valence-corrected chi connectivity index (χ3v) is 2.39. The summed E-state index contributed by atoms with van der Waals surface area (Å²) in [5.41, 5.74) is 4.86. The number of benzene rings is 1. The Kier molecular flexibility index (Phi) is 4.37. The van der Waals surface area contributed by atoms with Crippen LogP contribution in [0, 0.1) is 27.3 Å². The van der Waals surface area contributed by atoms with E-state index in [1.165, 1.54) is 0 Å². The predicted octanol–water partition coefficient (Wildman–Crippen LogP) is 1.73. The van der Waals surface area contributed by atoms with Crippen molar-refractivity contribution in [3.63, 3.8) is 0 Å². The van der Waals surface area contributed by atoms with Crippen LogP contribution in [0.1, 0.15) is 0 Å². The van der Waals surface area contributed by atoms with Gasteiger partial charge in [0.25, 0.3) is 0 Å². The number of hydrogen-bond donors (Lipinski definition) is 1. The van der Waals surface area contributed by atoms with Crippen molar-refractivity contribution in [3.8, 4) is 11.8 Å². The largest absolute Gasteiger partial charge is 0.484 e. The van der Waals surface area contributed by atoms with E-state index in [1.54, 1.807) is 6.07 Å². The molecule has 90 valence electrons. The van der Waals surface area contributed by atoms with Gasteiger partial charge in [-0.25, -0.2) is 4.39 Å². The summed E-state index contributed by atoms with van der Waals surface area (Å²) in [4.78, 5) is 9.97. The van der Waals surface area contributed by atoms with Gasteiger partial charge in [-0.2, -0.15) is 5.26 Å². The molecule has 17 heavy (non-hydrogen) atoms. The summed E-state index contributed by atoms with van der Waals surface area (Å²) in [6, 6.07) is 2.62. The Balaban J connectivity index is 3.01. The second kappa shape index (κ2) is 5.56. The van der Waals surface area contributed by atoms with Crippen LogP contribution in [0.5, 0.6) is 5.75 Å². The van der Waals surface area contributed by atoms with Crippen LogP contribution in [0.25, 0.3) is 0 Å². The molecule has 0 heterocycles. The summed E-state index contributed by atoms with van der Waals surface area (Å²) in [7, 11) is 0. The lowest BCUT2D eigenvalue weighted by molar-refractivity contribution is -0.386. The standard InChI is InChI=1S/C9H7BrFN3O3/c10-6-1-8(14(15)16)9(2-7(6)11)17-4-5(13)3-12/h1-2,5H,4,13H2. The van der Waals surface area contributed by atoms with Crippen LogP contribution >= 0.6 is 15.9 Å². The first-order chi connectivity index (χ1) is 7.95. The topological polar surface area (TPSA) is 102 Å². The highest BCUT2D eigenvalue weighted by atomic mass is 79.9. The molecule has 0 radical (unpaired) electrons. The summed E-state index contributed by atoms with van der Waals surface area (Å²) in [5, 5.41) is 19.1. The molecular weight excluding hydrogens is 297 g/mol.